The van der Waals surface area contributed by atoms with E-state index in [2.05, 4.69) is 0 Å². The molecule has 94 valence electrons. The van der Waals surface area contributed by atoms with Gasteiger partial charge < -0.3 is 9.84 Å². The summed E-state index contributed by atoms with van der Waals surface area (Å²) in [5.41, 5.74) is 0. The van der Waals surface area contributed by atoms with Crippen molar-refractivity contribution in [2.24, 2.45) is 11.1 Å². The van der Waals surface area contributed by atoms with E-state index in [1.807, 2.05) is 0 Å². The zero-order valence-electron chi connectivity index (χ0n) is 9.00. The first-order chi connectivity index (χ1) is 7.31. The van der Waals surface area contributed by atoms with Crippen molar-refractivity contribution in [1.29, 1.82) is 0 Å². The Bertz CT molecular complexity index is 355. The van der Waals surface area contributed by atoms with Crippen LogP contribution in [0.2, 0.25) is 0 Å². The number of likely N-dealkylation sites (N-methyl/N-ethyl adjacent to an activating group) is 1. The highest BCUT2D eigenvalue weighted by Crippen LogP contribution is 2.18. The van der Waals surface area contributed by atoms with E-state index in [-0.39, 0.29) is 24.9 Å². The highest BCUT2D eigenvalue weighted by Gasteiger charge is 2.36. The minimum absolute atomic E-state index is 0.166. The lowest BCUT2D eigenvalue weighted by atomic mass is 10.0. The van der Waals surface area contributed by atoms with Crippen LogP contribution in [0.5, 0.6) is 0 Å². The fourth-order valence-electron chi connectivity index (χ4n) is 1.65. The molecular weight excluding hydrogens is 236 g/mol. The van der Waals surface area contributed by atoms with Crippen LogP contribution >= 0.6 is 0 Å². The van der Waals surface area contributed by atoms with E-state index in [9.17, 15) is 13.2 Å². The first-order valence-electron chi connectivity index (χ1n) is 4.82. The maximum atomic E-state index is 10.9. The highest BCUT2D eigenvalue weighted by atomic mass is 32.2. The smallest absolute Gasteiger partial charge is 0.310 e. The second kappa shape index (κ2) is 5.09. The molecule has 0 bridgehead atoms. The minimum Gasteiger partial charge on any atom is -0.481 e. The summed E-state index contributed by atoms with van der Waals surface area (Å²) in [6.45, 7) is 0.675. The molecule has 1 aliphatic rings. The molecule has 2 unspecified atom stereocenters. The van der Waals surface area contributed by atoms with E-state index in [1.165, 1.54) is 0 Å². The summed E-state index contributed by atoms with van der Waals surface area (Å²) in [6, 6.07) is -0.292. The van der Waals surface area contributed by atoms with E-state index < -0.39 is 21.9 Å². The second-order valence-corrected chi connectivity index (χ2v) is 5.63. The fourth-order valence-corrected chi connectivity index (χ4v) is 2.19. The van der Waals surface area contributed by atoms with Crippen LogP contribution in [-0.2, 0) is 19.6 Å². The molecule has 7 nitrogen and oxygen atoms in total. The average molecular weight is 252 g/mol. The van der Waals surface area contributed by atoms with Crippen molar-refractivity contribution in [2.45, 2.75) is 6.04 Å². The molecule has 8 heteroatoms. The number of carboxylic acids is 1. The Kier molecular flexibility index (Phi) is 4.25. The molecule has 0 aromatic rings. The zero-order valence-corrected chi connectivity index (χ0v) is 9.81. The molecule has 0 aromatic carbocycles. The predicted octanol–water partition coefficient (Wildman–Crippen LogP) is -1.69. The first kappa shape index (κ1) is 13.4. The molecule has 1 saturated heterocycles. The van der Waals surface area contributed by atoms with E-state index in [0.717, 1.165) is 0 Å². The molecule has 1 fully saturated rings. The third kappa shape index (κ3) is 3.71. The largest absolute Gasteiger partial charge is 0.481 e. The van der Waals surface area contributed by atoms with Gasteiger partial charge in [-0.25, -0.2) is 13.6 Å². The van der Waals surface area contributed by atoms with Gasteiger partial charge in [0.25, 0.3) is 0 Å². The Morgan fingerprint density at radius 2 is 2.19 bits per heavy atom. The lowest BCUT2D eigenvalue weighted by molar-refractivity contribution is -0.143. The molecule has 2 atom stereocenters. The van der Waals surface area contributed by atoms with E-state index in [0.29, 0.717) is 6.61 Å². The molecule has 1 rings (SSSR count). The van der Waals surface area contributed by atoms with Gasteiger partial charge in [0.1, 0.15) is 0 Å². The topological polar surface area (TPSA) is 110 Å². The molecule has 0 radical (unpaired) electrons. The number of carboxylic acid groups (broad SMARTS) is 1. The standard InChI is InChI=1S/C8H16N2O5S/c1-10(2-3-16(9,13)14)7-5-15-4-6(7)8(11)12/h6-7H,2-5H2,1H3,(H,11,12)(H2,9,13,14). The number of hydrogen-bond acceptors (Lipinski definition) is 5. The highest BCUT2D eigenvalue weighted by molar-refractivity contribution is 7.89. The Balaban J connectivity index is 2.53. The number of carbonyl (C=O) groups is 1. The summed E-state index contributed by atoms with van der Waals surface area (Å²) < 4.78 is 26.6. The van der Waals surface area contributed by atoms with Crippen molar-refractivity contribution in [2.75, 3.05) is 32.6 Å². The van der Waals surface area contributed by atoms with Crippen molar-refractivity contribution in [3.63, 3.8) is 0 Å². The van der Waals surface area contributed by atoms with Crippen LogP contribution in [0.25, 0.3) is 0 Å². The van der Waals surface area contributed by atoms with Crippen LogP contribution < -0.4 is 5.14 Å². The third-order valence-electron chi connectivity index (χ3n) is 2.66. The summed E-state index contributed by atoms with van der Waals surface area (Å²) in [4.78, 5) is 12.5. The van der Waals surface area contributed by atoms with Gasteiger partial charge in [0.05, 0.1) is 24.9 Å². The molecule has 1 aliphatic heterocycles. The molecular formula is C8H16N2O5S. The molecule has 3 N–H and O–H groups in total. The number of sulfonamides is 1. The van der Waals surface area contributed by atoms with Crippen LogP contribution in [-0.4, -0.2) is 63.0 Å². The van der Waals surface area contributed by atoms with Crippen LogP contribution in [0.4, 0.5) is 0 Å². The van der Waals surface area contributed by atoms with Crippen molar-refractivity contribution < 1.29 is 23.1 Å². The predicted molar refractivity (Wildman–Crippen MR) is 56.3 cm³/mol. The van der Waals surface area contributed by atoms with Gasteiger partial charge in [-0.05, 0) is 7.05 Å². The Morgan fingerprint density at radius 3 is 2.69 bits per heavy atom. The number of ether oxygens (including phenoxy) is 1. The summed E-state index contributed by atoms with van der Waals surface area (Å²) in [7, 11) is -1.85. The number of hydrogen-bond donors (Lipinski definition) is 2. The van der Waals surface area contributed by atoms with Gasteiger partial charge >= 0.3 is 5.97 Å². The monoisotopic (exact) mass is 252 g/mol. The van der Waals surface area contributed by atoms with Crippen LogP contribution in [0.3, 0.4) is 0 Å². The Morgan fingerprint density at radius 1 is 1.56 bits per heavy atom. The fraction of sp³-hybridized carbons (Fsp3) is 0.875. The van der Waals surface area contributed by atoms with Gasteiger partial charge in [0.15, 0.2) is 0 Å². The molecule has 0 aromatic heterocycles. The summed E-state index contributed by atoms with van der Waals surface area (Å²) in [5.74, 6) is -1.72. The van der Waals surface area contributed by atoms with Gasteiger partial charge in [0.2, 0.25) is 10.0 Å². The quantitative estimate of drug-likeness (QED) is 0.604. The first-order valence-corrected chi connectivity index (χ1v) is 6.54. The number of nitrogens with zero attached hydrogens (tertiary/aromatic N) is 1. The summed E-state index contributed by atoms with van der Waals surface area (Å²) >= 11 is 0. The van der Waals surface area contributed by atoms with Crippen LogP contribution in [0, 0.1) is 5.92 Å². The van der Waals surface area contributed by atoms with Crippen molar-refractivity contribution in [3.8, 4) is 0 Å². The maximum absolute atomic E-state index is 10.9. The van der Waals surface area contributed by atoms with Crippen LogP contribution in [0.15, 0.2) is 0 Å². The average Bonchev–Trinajstić information content (AvgIpc) is 2.61. The Hall–Kier alpha value is -0.700. The maximum Gasteiger partial charge on any atom is 0.310 e. The minimum atomic E-state index is -3.52. The number of aliphatic carboxylic acids is 1. The second-order valence-electron chi connectivity index (χ2n) is 3.90. The molecule has 16 heavy (non-hydrogen) atoms. The van der Waals surface area contributed by atoms with Gasteiger partial charge in [0, 0.05) is 12.6 Å². The third-order valence-corrected chi connectivity index (χ3v) is 3.41. The molecule has 0 amide bonds. The summed E-state index contributed by atoms with van der Waals surface area (Å²) in [5, 5.41) is 13.8. The van der Waals surface area contributed by atoms with E-state index in [1.54, 1.807) is 11.9 Å². The lowest BCUT2D eigenvalue weighted by Crippen LogP contribution is -2.43. The van der Waals surface area contributed by atoms with Gasteiger partial charge in [-0.1, -0.05) is 0 Å². The van der Waals surface area contributed by atoms with Gasteiger partial charge in [-0.2, -0.15) is 0 Å². The van der Waals surface area contributed by atoms with Crippen molar-refractivity contribution >= 4 is 16.0 Å². The molecule has 0 saturated carbocycles. The molecule has 0 spiro atoms. The van der Waals surface area contributed by atoms with E-state index >= 15 is 0 Å². The number of nitrogens with two attached hydrogens (primary N) is 1. The SMILES string of the molecule is CN(CCS(N)(=O)=O)C1COCC1C(=O)O. The van der Waals surface area contributed by atoms with Crippen LogP contribution in [0.1, 0.15) is 0 Å². The zero-order chi connectivity index (χ0) is 12.3. The molecule has 0 aliphatic carbocycles. The Labute approximate surface area is 94.2 Å². The lowest BCUT2D eigenvalue weighted by Gasteiger charge is -2.25. The van der Waals surface area contributed by atoms with Crippen molar-refractivity contribution in [3.05, 3.63) is 0 Å². The summed E-state index contributed by atoms with van der Waals surface area (Å²) in [6.07, 6.45) is 0. The van der Waals surface area contributed by atoms with E-state index in [4.69, 9.17) is 15.0 Å². The number of rotatable bonds is 5. The normalized spacial score (nSPS) is 26.2. The van der Waals surface area contributed by atoms with Crippen molar-refractivity contribution in [1.82, 2.24) is 4.90 Å². The van der Waals surface area contributed by atoms with Gasteiger partial charge in [-0.3, -0.25) is 9.69 Å². The van der Waals surface area contributed by atoms with Gasteiger partial charge in [-0.15, -0.1) is 0 Å². The number of primary sulfonamides is 1. The molecule has 1 heterocycles.